The highest BCUT2D eigenvalue weighted by Gasteiger charge is 2.64. The summed E-state index contributed by atoms with van der Waals surface area (Å²) >= 11 is 0. The Morgan fingerprint density at radius 1 is 1.24 bits per heavy atom. The molecular weight excluding hydrogens is 426 g/mol. The molecule has 2 aromatic rings. The number of hydrogen-bond donors (Lipinski definition) is 1. The summed E-state index contributed by atoms with van der Waals surface area (Å²) < 4.78 is 11.1. The molecular formula is C23H29N5O5. The highest BCUT2D eigenvalue weighted by Crippen LogP contribution is 2.61. The first-order valence-electron chi connectivity index (χ1n) is 11.3. The Morgan fingerprint density at radius 3 is 2.70 bits per heavy atom. The highest BCUT2D eigenvalue weighted by atomic mass is 16.7. The number of fused-ring (bicyclic) bond motifs is 3. The summed E-state index contributed by atoms with van der Waals surface area (Å²) in [6.45, 7) is 6.36. The van der Waals surface area contributed by atoms with Gasteiger partial charge in [0.1, 0.15) is 18.2 Å². The zero-order valence-corrected chi connectivity index (χ0v) is 19.1. The summed E-state index contributed by atoms with van der Waals surface area (Å²) in [6.07, 6.45) is 2.29. The zero-order chi connectivity index (χ0) is 23.2. The predicted octanol–water partition coefficient (Wildman–Crippen LogP) is 3.56. The Balaban J connectivity index is 1.26. The van der Waals surface area contributed by atoms with Crippen LogP contribution >= 0.6 is 0 Å². The van der Waals surface area contributed by atoms with E-state index in [1.54, 1.807) is 30.7 Å². The number of hydrogen-bond acceptors (Lipinski definition) is 7. The van der Waals surface area contributed by atoms with Crippen molar-refractivity contribution in [1.29, 1.82) is 0 Å². The largest absolute Gasteiger partial charge is 0.444 e. The van der Waals surface area contributed by atoms with Crippen molar-refractivity contribution in [3.05, 3.63) is 47.7 Å². The van der Waals surface area contributed by atoms with Crippen LogP contribution in [0.3, 0.4) is 0 Å². The van der Waals surface area contributed by atoms with Crippen molar-refractivity contribution >= 4 is 12.1 Å². The average Bonchev–Trinajstić information content (AvgIpc) is 3.26. The average molecular weight is 456 g/mol. The van der Waals surface area contributed by atoms with Crippen LogP contribution in [0.15, 0.2) is 34.7 Å². The molecule has 176 valence electrons. The molecule has 2 saturated heterocycles. The number of amides is 3. The van der Waals surface area contributed by atoms with Crippen LogP contribution < -0.4 is 5.32 Å². The van der Waals surface area contributed by atoms with Gasteiger partial charge in [0.15, 0.2) is 0 Å². The van der Waals surface area contributed by atoms with E-state index in [2.05, 4.69) is 15.5 Å². The summed E-state index contributed by atoms with van der Waals surface area (Å²) in [4.78, 5) is 32.9. The third-order valence-electron chi connectivity index (χ3n) is 6.43. The van der Waals surface area contributed by atoms with Crippen LogP contribution in [0, 0.1) is 5.41 Å². The van der Waals surface area contributed by atoms with Gasteiger partial charge in [-0.05, 0) is 51.0 Å². The molecule has 0 unspecified atom stereocenters. The van der Waals surface area contributed by atoms with Gasteiger partial charge >= 0.3 is 12.1 Å². The van der Waals surface area contributed by atoms with Gasteiger partial charge < -0.3 is 19.4 Å². The molecule has 1 aromatic carbocycles. The summed E-state index contributed by atoms with van der Waals surface area (Å²) in [5.41, 5.74) is 0.446. The number of piperidine rings is 1. The van der Waals surface area contributed by atoms with Crippen LogP contribution in [-0.2, 0) is 22.7 Å². The van der Waals surface area contributed by atoms with E-state index in [1.807, 2.05) is 30.3 Å². The number of urea groups is 1. The number of nitrogens with one attached hydrogen (secondary N) is 1. The third kappa shape index (κ3) is 4.39. The molecule has 10 nitrogen and oxygen atoms in total. The van der Waals surface area contributed by atoms with Crippen molar-refractivity contribution in [3.63, 3.8) is 0 Å². The van der Waals surface area contributed by atoms with Gasteiger partial charge in [-0.25, -0.2) is 9.59 Å². The van der Waals surface area contributed by atoms with E-state index in [-0.39, 0.29) is 36.0 Å². The predicted molar refractivity (Wildman–Crippen MR) is 115 cm³/mol. The number of aromatic nitrogens is 2. The Hall–Kier alpha value is -3.14. The van der Waals surface area contributed by atoms with E-state index in [0.29, 0.717) is 19.0 Å². The van der Waals surface area contributed by atoms with Crippen molar-refractivity contribution < 1.29 is 23.6 Å². The molecule has 1 spiro atoms. The number of carbonyl (C=O) groups is 2. The fraction of sp³-hybridized carbons (Fsp3) is 0.565. The molecule has 1 saturated carbocycles. The molecule has 1 N–H and O–H groups in total. The summed E-state index contributed by atoms with van der Waals surface area (Å²) in [5, 5.41) is 12.4. The standard InChI is InChI=1S/C23H29N5O5/c1-22(2,3)33-20(29)24-12-18-25-26-19(32-18)16-11-23(9-10-23)17-13-27(16)21(30)28(17)31-14-15-7-5-4-6-8-15/h4-8,16-17H,9-14H2,1-3H3,(H,24,29)/t16-,17+/m0/s1. The first-order chi connectivity index (χ1) is 15.7. The maximum absolute atomic E-state index is 13.2. The molecule has 33 heavy (non-hydrogen) atoms. The van der Waals surface area contributed by atoms with Crippen molar-refractivity contribution in [2.45, 2.75) is 70.9 Å². The molecule has 3 fully saturated rings. The summed E-state index contributed by atoms with van der Waals surface area (Å²) in [6, 6.07) is 9.38. The molecule has 2 bridgehead atoms. The van der Waals surface area contributed by atoms with Gasteiger partial charge in [0.2, 0.25) is 11.8 Å². The van der Waals surface area contributed by atoms with Crippen LogP contribution in [0.1, 0.15) is 63.4 Å². The number of ether oxygens (including phenoxy) is 1. The smallest absolute Gasteiger partial charge is 0.408 e. The molecule has 2 aliphatic heterocycles. The van der Waals surface area contributed by atoms with E-state index in [9.17, 15) is 9.59 Å². The molecule has 10 heteroatoms. The Morgan fingerprint density at radius 2 is 2.00 bits per heavy atom. The monoisotopic (exact) mass is 455 g/mol. The Labute approximate surface area is 192 Å². The van der Waals surface area contributed by atoms with E-state index >= 15 is 0 Å². The van der Waals surface area contributed by atoms with Crippen LogP contribution in [0.2, 0.25) is 0 Å². The second-order valence-electron chi connectivity index (χ2n) is 10.0. The number of carbonyl (C=O) groups excluding carboxylic acids is 2. The molecule has 3 aliphatic rings. The molecule has 3 heterocycles. The maximum Gasteiger partial charge on any atom is 0.408 e. The minimum absolute atomic E-state index is 0.0212. The van der Waals surface area contributed by atoms with Crippen LogP contribution in [0.5, 0.6) is 0 Å². The molecule has 3 amide bonds. The topological polar surface area (TPSA) is 110 Å². The number of nitrogens with zero attached hydrogens (tertiary/aromatic N) is 4. The SMILES string of the molecule is CC(C)(C)OC(=O)NCc1nnc([C@@H]2CC3(CC3)[C@H]3CN2C(=O)N3OCc2ccccc2)o1. The minimum atomic E-state index is -0.591. The first-order valence-corrected chi connectivity index (χ1v) is 11.3. The molecule has 1 aromatic heterocycles. The first kappa shape index (κ1) is 21.7. The van der Waals surface area contributed by atoms with E-state index < -0.39 is 11.7 Å². The molecule has 1 aliphatic carbocycles. The van der Waals surface area contributed by atoms with Crippen molar-refractivity contribution in [2.75, 3.05) is 6.54 Å². The van der Waals surface area contributed by atoms with Gasteiger partial charge in [-0.2, -0.15) is 5.06 Å². The summed E-state index contributed by atoms with van der Waals surface area (Å²) in [5.74, 6) is 0.658. The van der Waals surface area contributed by atoms with Crippen LogP contribution in [-0.4, -0.2) is 50.5 Å². The van der Waals surface area contributed by atoms with Crippen LogP contribution in [0.4, 0.5) is 9.59 Å². The second-order valence-corrected chi connectivity index (χ2v) is 10.0. The number of alkyl carbamates (subject to hydrolysis) is 1. The number of hydroxylamine groups is 2. The van der Waals surface area contributed by atoms with E-state index in [0.717, 1.165) is 24.8 Å². The van der Waals surface area contributed by atoms with Gasteiger partial charge in [-0.3, -0.25) is 4.84 Å². The van der Waals surface area contributed by atoms with Crippen molar-refractivity contribution in [1.82, 2.24) is 25.5 Å². The lowest BCUT2D eigenvalue weighted by Gasteiger charge is -2.35. The molecule has 0 radical (unpaired) electrons. The van der Waals surface area contributed by atoms with Gasteiger partial charge in [0.05, 0.1) is 12.6 Å². The Kier molecular flexibility index (Phi) is 5.27. The van der Waals surface area contributed by atoms with Gasteiger partial charge in [0, 0.05) is 6.54 Å². The Bertz CT molecular complexity index is 1030. The second kappa shape index (κ2) is 8.02. The third-order valence-corrected chi connectivity index (χ3v) is 6.43. The molecule has 5 rings (SSSR count). The van der Waals surface area contributed by atoms with Gasteiger partial charge in [-0.15, -0.1) is 10.2 Å². The van der Waals surface area contributed by atoms with E-state index in [4.69, 9.17) is 14.0 Å². The molecule has 2 atom stereocenters. The highest BCUT2D eigenvalue weighted by molar-refractivity contribution is 5.77. The van der Waals surface area contributed by atoms with Crippen molar-refractivity contribution in [2.24, 2.45) is 5.41 Å². The van der Waals surface area contributed by atoms with Gasteiger partial charge in [0.25, 0.3) is 0 Å². The number of benzene rings is 1. The lowest BCUT2D eigenvalue weighted by atomic mass is 9.85. The normalized spacial score (nSPS) is 23.2. The van der Waals surface area contributed by atoms with Gasteiger partial charge in [-0.1, -0.05) is 30.3 Å². The lowest BCUT2D eigenvalue weighted by molar-refractivity contribution is -0.153. The van der Waals surface area contributed by atoms with E-state index in [1.165, 1.54) is 0 Å². The fourth-order valence-electron chi connectivity index (χ4n) is 4.65. The fourth-order valence-corrected chi connectivity index (χ4v) is 4.65. The minimum Gasteiger partial charge on any atom is -0.444 e. The maximum atomic E-state index is 13.2. The quantitative estimate of drug-likeness (QED) is 0.709. The number of rotatable bonds is 6. The van der Waals surface area contributed by atoms with Crippen molar-refractivity contribution in [3.8, 4) is 0 Å². The zero-order valence-electron chi connectivity index (χ0n) is 19.1. The van der Waals surface area contributed by atoms with Crippen LogP contribution in [0.25, 0.3) is 0 Å². The lowest BCUT2D eigenvalue weighted by Crippen LogP contribution is -2.42. The summed E-state index contributed by atoms with van der Waals surface area (Å²) in [7, 11) is 0.